The first-order valence-electron chi connectivity index (χ1n) is 11.1. The summed E-state index contributed by atoms with van der Waals surface area (Å²) in [6, 6.07) is 16.1. The van der Waals surface area contributed by atoms with Crippen molar-refractivity contribution in [1.29, 1.82) is 0 Å². The van der Waals surface area contributed by atoms with Crippen LogP contribution in [0.15, 0.2) is 48.5 Å². The van der Waals surface area contributed by atoms with Crippen molar-refractivity contribution in [3.05, 3.63) is 70.9 Å². The SMILES string of the molecule is COCCNC(=O)c1cc([C@@H]2CCN(Cc3cccc(C)c3OC)C2)nc2ccccc12. The Balaban J connectivity index is 1.55. The number of likely N-dealkylation sites (tertiary alicyclic amines) is 1. The van der Waals surface area contributed by atoms with Gasteiger partial charge in [-0.05, 0) is 37.6 Å². The molecular formula is C26H31N3O3. The second kappa shape index (κ2) is 10.1. The molecule has 1 fully saturated rings. The predicted molar refractivity (Wildman–Crippen MR) is 126 cm³/mol. The van der Waals surface area contributed by atoms with Gasteiger partial charge in [-0.3, -0.25) is 14.7 Å². The van der Waals surface area contributed by atoms with Crippen molar-refractivity contribution >= 4 is 16.8 Å². The first-order chi connectivity index (χ1) is 15.6. The van der Waals surface area contributed by atoms with Gasteiger partial charge in [-0.25, -0.2) is 0 Å². The van der Waals surface area contributed by atoms with E-state index >= 15 is 0 Å². The molecular weight excluding hydrogens is 402 g/mol. The predicted octanol–water partition coefficient (Wildman–Crippen LogP) is 3.92. The Hall–Kier alpha value is -2.96. The maximum absolute atomic E-state index is 12.9. The third kappa shape index (κ3) is 4.76. The highest BCUT2D eigenvalue weighted by molar-refractivity contribution is 6.06. The minimum atomic E-state index is -0.0822. The number of aryl methyl sites for hydroxylation is 1. The number of ether oxygens (including phenoxy) is 2. The second-order valence-corrected chi connectivity index (χ2v) is 8.35. The molecule has 0 spiro atoms. The molecule has 6 heteroatoms. The van der Waals surface area contributed by atoms with Crippen LogP contribution in [-0.2, 0) is 11.3 Å². The standard InChI is InChI=1S/C26H31N3O3/c1-18-7-6-8-20(25(18)32-3)17-29-13-11-19(16-29)24-15-22(26(30)27-12-14-31-2)21-9-4-5-10-23(21)28-24/h4-10,15,19H,11-14,16-17H2,1-3H3,(H,27,30)/t19-/m1/s1. The summed E-state index contributed by atoms with van der Waals surface area (Å²) in [5.41, 5.74) is 4.89. The van der Waals surface area contributed by atoms with Gasteiger partial charge in [0.25, 0.3) is 5.91 Å². The lowest BCUT2D eigenvalue weighted by atomic mass is 9.99. The van der Waals surface area contributed by atoms with E-state index in [4.69, 9.17) is 14.5 Å². The number of para-hydroxylation sites is 2. The molecule has 1 aliphatic heterocycles. The third-order valence-electron chi connectivity index (χ3n) is 6.15. The third-order valence-corrected chi connectivity index (χ3v) is 6.15. The van der Waals surface area contributed by atoms with Crippen LogP contribution in [0.4, 0.5) is 0 Å². The van der Waals surface area contributed by atoms with E-state index in [2.05, 4.69) is 35.3 Å². The van der Waals surface area contributed by atoms with Crippen molar-refractivity contribution in [2.24, 2.45) is 0 Å². The number of carbonyl (C=O) groups excluding carboxylic acids is 1. The van der Waals surface area contributed by atoms with Gasteiger partial charge in [0.1, 0.15) is 5.75 Å². The average Bonchev–Trinajstić information content (AvgIpc) is 3.27. The topological polar surface area (TPSA) is 63.7 Å². The van der Waals surface area contributed by atoms with Crippen LogP contribution in [0.2, 0.25) is 0 Å². The van der Waals surface area contributed by atoms with E-state index < -0.39 is 0 Å². The summed E-state index contributed by atoms with van der Waals surface area (Å²) in [7, 11) is 3.36. The highest BCUT2D eigenvalue weighted by Crippen LogP contribution is 2.32. The van der Waals surface area contributed by atoms with Gasteiger partial charge >= 0.3 is 0 Å². The fraction of sp³-hybridized carbons (Fsp3) is 0.385. The Kier molecular flexibility index (Phi) is 7.02. The highest BCUT2D eigenvalue weighted by Gasteiger charge is 2.27. The van der Waals surface area contributed by atoms with Gasteiger partial charge in [-0.2, -0.15) is 0 Å². The van der Waals surface area contributed by atoms with Crippen LogP contribution in [0.1, 0.15) is 39.5 Å². The number of fused-ring (bicyclic) bond motifs is 1. The van der Waals surface area contributed by atoms with E-state index in [1.807, 2.05) is 30.3 Å². The van der Waals surface area contributed by atoms with E-state index in [0.717, 1.165) is 54.0 Å². The van der Waals surface area contributed by atoms with Crippen molar-refractivity contribution < 1.29 is 14.3 Å². The van der Waals surface area contributed by atoms with Crippen molar-refractivity contribution in [2.75, 3.05) is 40.5 Å². The lowest BCUT2D eigenvalue weighted by molar-refractivity contribution is 0.0938. The van der Waals surface area contributed by atoms with Crippen molar-refractivity contribution in [2.45, 2.75) is 25.8 Å². The molecule has 1 amide bonds. The lowest BCUT2D eigenvalue weighted by Gasteiger charge is -2.19. The summed E-state index contributed by atoms with van der Waals surface area (Å²) in [5, 5.41) is 3.83. The van der Waals surface area contributed by atoms with E-state index in [1.54, 1.807) is 14.2 Å². The number of aromatic nitrogens is 1. The molecule has 1 atom stereocenters. The van der Waals surface area contributed by atoms with Crippen molar-refractivity contribution in [3.63, 3.8) is 0 Å². The molecule has 0 saturated carbocycles. The summed E-state index contributed by atoms with van der Waals surface area (Å²) in [5.74, 6) is 1.18. The molecule has 2 aromatic carbocycles. The molecule has 2 heterocycles. The van der Waals surface area contributed by atoms with E-state index in [9.17, 15) is 4.79 Å². The smallest absolute Gasteiger partial charge is 0.252 e. The van der Waals surface area contributed by atoms with Gasteiger partial charge < -0.3 is 14.8 Å². The van der Waals surface area contributed by atoms with Crippen LogP contribution >= 0.6 is 0 Å². The Morgan fingerprint density at radius 3 is 2.84 bits per heavy atom. The number of amides is 1. The number of nitrogens with one attached hydrogen (secondary N) is 1. The molecule has 0 unspecified atom stereocenters. The zero-order valence-electron chi connectivity index (χ0n) is 19.1. The minimum Gasteiger partial charge on any atom is -0.496 e. The summed E-state index contributed by atoms with van der Waals surface area (Å²) in [6.07, 6.45) is 1.02. The van der Waals surface area contributed by atoms with Gasteiger partial charge in [-0.1, -0.05) is 36.4 Å². The number of carbonyl (C=O) groups is 1. The molecule has 6 nitrogen and oxygen atoms in total. The number of nitrogens with zero attached hydrogens (tertiary/aromatic N) is 2. The molecule has 4 rings (SSSR count). The number of benzene rings is 2. The molecule has 32 heavy (non-hydrogen) atoms. The number of methoxy groups -OCH3 is 2. The Labute approximate surface area is 189 Å². The van der Waals surface area contributed by atoms with Gasteiger partial charge in [0.15, 0.2) is 0 Å². The zero-order valence-corrected chi connectivity index (χ0v) is 19.1. The molecule has 0 radical (unpaired) electrons. The fourth-order valence-corrected chi connectivity index (χ4v) is 4.54. The Bertz CT molecular complexity index is 1100. The lowest BCUT2D eigenvalue weighted by Crippen LogP contribution is -2.27. The Morgan fingerprint density at radius 1 is 1.19 bits per heavy atom. The molecule has 3 aromatic rings. The highest BCUT2D eigenvalue weighted by atomic mass is 16.5. The number of rotatable bonds is 8. The average molecular weight is 434 g/mol. The quantitative estimate of drug-likeness (QED) is 0.546. The zero-order chi connectivity index (χ0) is 22.5. The van der Waals surface area contributed by atoms with Gasteiger partial charge in [0.05, 0.1) is 24.8 Å². The first kappa shape index (κ1) is 22.2. The van der Waals surface area contributed by atoms with Crippen LogP contribution in [0.25, 0.3) is 10.9 Å². The van der Waals surface area contributed by atoms with Crippen molar-refractivity contribution in [1.82, 2.24) is 15.2 Å². The molecule has 168 valence electrons. The molecule has 1 aromatic heterocycles. The number of pyridine rings is 1. The maximum Gasteiger partial charge on any atom is 0.252 e. The van der Waals surface area contributed by atoms with Crippen LogP contribution in [0.3, 0.4) is 0 Å². The van der Waals surface area contributed by atoms with Crippen LogP contribution in [0.5, 0.6) is 5.75 Å². The van der Waals surface area contributed by atoms with Gasteiger partial charge in [0.2, 0.25) is 0 Å². The summed E-state index contributed by atoms with van der Waals surface area (Å²) in [6.45, 7) is 5.80. The Morgan fingerprint density at radius 2 is 2.03 bits per heavy atom. The molecule has 1 saturated heterocycles. The number of hydrogen-bond donors (Lipinski definition) is 1. The molecule has 1 aliphatic rings. The first-order valence-corrected chi connectivity index (χ1v) is 11.1. The van der Waals surface area contributed by atoms with Gasteiger partial charge in [-0.15, -0.1) is 0 Å². The maximum atomic E-state index is 12.9. The van der Waals surface area contributed by atoms with Gasteiger partial charge in [0, 0.05) is 49.3 Å². The van der Waals surface area contributed by atoms with Crippen LogP contribution < -0.4 is 10.1 Å². The molecule has 0 bridgehead atoms. The van der Waals surface area contributed by atoms with E-state index in [0.29, 0.717) is 24.6 Å². The minimum absolute atomic E-state index is 0.0822. The van der Waals surface area contributed by atoms with Crippen LogP contribution in [-0.4, -0.2) is 56.3 Å². The second-order valence-electron chi connectivity index (χ2n) is 8.35. The fourth-order valence-electron chi connectivity index (χ4n) is 4.54. The molecule has 0 aliphatic carbocycles. The van der Waals surface area contributed by atoms with Crippen molar-refractivity contribution in [3.8, 4) is 5.75 Å². The number of hydrogen-bond acceptors (Lipinski definition) is 5. The normalized spacial score (nSPS) is 16.4. The summed E-state index contributed by atoms with van der Waals surface area (Å²) < 4.78 is 10.7. The monoisotopic (exact) mass is 433 g/mol. The summed E-state index contributed by atoms with van der Waals surface area (Å²) >= 11 is 0. The van der Waals surface area contributed by atoms with E-state index in [1.165, 1.54) is 5.56 Å². The largest absolute Gasteiger partial charge is 0.496 e. The summed E-state index contributed by atoms with van der Waals surface area (Å²) in [4.78, 5) is 20.3. The van der Waals surface area contributed by atoms with Crippen LogP contribution in [0, 0.1) is 6.92 Å². The molecule has 1 N–H and O–H groups in total. The van der Waals surface area contributed by atoms with E-state index in [-0.39, 0.29) is 5.91 Å².